The third-order valence-corrected chi connectivity index (χ3v) is 4.19. The van der Waals surface area contributed by atoms with Gasteiger partial charge in [0.25, 0.3) is 5.91 Å². The number of nitriles is 1. The third-order valence-electron chi connectivity index (χ3n) is 4.19. The lowest BCUT2D eigenvalue weighted by molar-refractivity contribution is 0.0945. The van der Waals surface area contributed by atoms with E-state index in [1.807, 2.05) is 18.2 Å². The Labute approximate surface area is 141 Å². The zero-order valence-corrected chi connectivity index (χ0v) is 13.4. The first kappa shape index (κ1) is 15.9. The van der Waals surface area contributed by atoms with Crippen molar-refractivity contribution in [1.82, 2.24) is 15.3 Å². The van der Waals surface area contributed by atoms with Crippen LogP contribution in [0.25, 0.3) is 0 Å². The Morgan fingerprint density at radius 2 is 2.08 bits per heavy atom. The van der Waals surface area contributed by atoms with Crippen LogP contribution >= 0.6 is 0 Å². The summed E-state index contributed by atoms with van der Waals surface area (Å²) in [4.78, 5) is 22.6. The van der Waals surface area contributed by atoms with E-state index in [4.69, 9.17) is 0 Å². The van der Waals surface area contributed by atoms with Crippen molar-refractivity contribution >= 4 is 11.7 Å². The van der Waals surface area contributed by atoms with Gasteiger partial charge in [0, 0.05) is 37.6 Å². The highest BCUT2D eigenvalue weighted by atomic mass is 16.1. The molecule has 0 aliphatic carbocycles. The summed E-state index contributed by atoms with van der Waals surface area (Å²) in [6.07, 6.45) is 5.20. The van der Waals surface area contributed by atoms with Gasteiger partial charge in [-0.05, 0) is 30.9 Å². The second-order valence-corrected chi connectivity index (χ2v) is 5.87. The lowest BCUT2D eigenvalue weighted by atomic mass is 9.97. The molecule has 1 atom stereocenters. The molecule has 24 heavy (non-hydrogen) atoms. The Balaban J connectivity index is 1.60. The molecule has 0 spiro atoms. The zero-order valence-electron chi connectivity index (χ0n) is 13.4. The Morgan fingerprint density at radius 1 is 1.29 bits per heavy atom. The van der Waals surface area contributed by atoms with Gasteiger partial charge >= 0.3 is 0 Å². The van der Waals surface area contributed by atoms with E-state index in [0.717, 1.165) is 25.9 Å². The maximum atomic E-state index is 12.1. The Hall–Kier alpha value is -2.94. The molecule has 0 saturated carbocycles. The maximum Gasteiger partial charge on any atom is 0.251 e. The highest BCUT2D eigenvalue weighted by Crippen LogP contribution is 2.22. The summed E-state index contributed by atoms with van der Waals surface area (Å²) in [5, 5.41) is 12.2. The van der Waals surface area contributed by atoms with Gasteiger partial charge in [0.15, 0.2) is 11.5 Å². The number of nitrogens with one attached hydrogen (secondary N) is 1. The van der Waals surface area contributed by atoms with Gasteiger partial charge in [-0.15, -0.1) is 0 Å². The number of nitrogens with zero attached hydrogens (tertiary/aromatic N) is 4. The second-order valence-electron chi connectivity index (χ2n) is 5.87. The van der Waals surface area contributed by atoms with Gasteiger partial charge in [-0.3, -0.25) is 4.79 Å². The summed E-state index contributed by atoms with van der Waals surface area (Å²) >= 11 is 0. The predicted octanol–water partition coefficient (Wildman–Crippen LogP) is 1.99. The number of carbonyl (C=O) groups excluding carboxylic acids is 1. The number of amides is 1. The number of carbonyl (C=O) groups is 1. The number of rotatable bonds is 4. The molecule has 122 valence electrons. The minimum absolute atomic E-state index is 0.0510. The predicted molar refractivity (Wildman–Crippen MR) is 90.5 cm³/mol. The summed E-state index contributed by atoms with van der Waals surface area (Å²) in [5.41, 5.74) is 1.03. The van der Waals surface area contributed by atoms with Crippen LogP contribution in [0, 0.1) is 17.2 Å². The molecule has 1 aliphatic rings. The normalized spacial score (nSPS) is 17.1. The number of aromatic nitrogens is 2. The van der Waals surface area contributed by atoms with Crippen molar-refractivity contribution in [2.24, 2.45) is 5.92 Å². The Morgan fingerprint density at radius 3 is 2.88 bits per heavy atom. The summed E-state index contributed by atoms with van der Waals surface area (Å²) in [6.45, 7) is 2.24. The van der Waals surface area contributed by atoms with Gasteiger partial charge in [0.1, 0.15) is 6.07 Å². The number of piperidine rings is 1. The topological polar surface area (TPSA) is 81.9 Å². The van der Waals surface area contributed by atoms with Crippen LogP contribution in [0.5, 0.6) is 0 Å². The number of benzene rings is 1. The first-order valence-corrected chi connectivity index (χ1v) is 8.07. The van der Waals surface area contributed by atoms with Gasteiger partial charge in [-0.1, -0.05) is 18.2 Å². The van der Waals surface area contributed by atoms with Crippen molar-refractivity contribution in [3.05, 3.63) is 54.0 Å². The average molecular weight is 321 g/mol. The summed E-state index contributed by atoms with van der Waals surface area (Å²) < 4.78 is 0. The van der Waals surface area contributed by atoms with Crippen LogP contribution < -0.4 is 10.2 Å². The van der Waals surface area contributed by atoms with Crippen molar-refractivity contribution in [3.8, 4) is 6.07 Å². The third kappa shape index (κ3) is 3.69. The van der Waals surface area contributed by atoms with E-state index in [0.29, 0.717) is 29.5 Å². The van der Waals surface area contributed by atoms with Crippen LogP contribution in [-0.4, -0.2) is 35.5 Å². The monoisotopic (exact) mass is 321 g/mol. The molecule has 1 fully saturated rings. The largest absolute Gasteiger partial charge is 0.354 e. The van der Waals surface area contributed by atoms with E-state index in [1.54, 1.807) is 18.3 Å². The Kier molecular flexibility index (Phi) is 5.02. The summed E-state index contributed by atoms with van der Waals surface area (Å²) in [6, 6.07) is 11.3. The quantitative estimate of drug-likeness (QED) is 0.931. The van der Waals surface area contributed by atoms with Gasteiger partial charge in [-0.25, -0.2) is 9.97 Å². The van der Waals surface area contributed by atoms with E-state index >= 15 is 0 Å². The van der Waals surface area contributed by atoms with Crippen molar-refractivity contribution in [2.45, 2.75) is 12.8 Å². The van der Waals surface area contributed by atoms with Crippen LogP contribution in [0.4, 0.5) is 5.82 Å². The molecule has 0 radical (unpaired) electrons. The smallest absolute Gasteiger partial charge is 0.251 e. The first-order valence-electron chi connectivity index (χ1n) is 8.07. The molecule has 3 rings (SSSR count). The van der Waals surface area contributed by atoms with Crippen LogP contribution in [0.15, 0.2) is 42.7 Å². The fraction of sp³-hybridized carbons (Fsp3) is 0.333. The average Bonchev–Trinajstić information content (AvgIpc) is 2.67. The van der Waals surface area contributed by atoms with E-state index in [9.17, 15) is 10.1 Å². The van der Waals surface area contributed by atoms with E-state index < -0.39 is 0 Å². The molecular weight excluding hydrogens is 302 g/mol. The molecule has 0 unspecified atom stereocenters. The van der Waals surface area contributed by atoms with Crippen LogP contribution in [0.3, 0.4) is 0 Å². The minimum Gasteiger partial charge on any atom is -0.354 e. The lowest BCUT2D eigenvalue weighted by Gasteiger charge is -2.33. The molecule has 1 aliphatic heterocycles. The SMILES string of the molecule is N#Cc1nccnc1N1CCC[C@H](CNC(=O)c2ccccc2)C1. The van der Waals surface area contributed by atoms with Crippen molar-refractivity contribution in [1.29, 1.82) is 5.26 Å². The maximum absolute atomic E-state index is 12.1. The summed E-state index contributed by atoms with van der Waals surface area (Å²) in [5.74, 6) is 0.920. The molecule has 1 aromatic carbocycles. The molecule has 1 N–H and O–H groups in total. The van der Waals surface area contributed by atoms with Crippen LogP contribution in [0.1, 0.15) is 28.9 Å². The molecule has 1 amide bonds. The summed E-state index contributed by atoms with van der Waals surface area (Å²) in [7, 11) is 0. The van der Waals surface area contributed by atoms with Gasteiger partial charge in [-0.2, -0.15) is 5.26 Å². The lowest BCUT2D eigenvalue weighted by Crippen LogP contribution is -2.41. The second kappa shape index (κ2) is 7.55. The van der Waals surface area contributed by atoms with E-state index in [2.05, 4.69) is 26.3 Å². The first-order chi connectivity index (χ1) is 11.8. The molecule has 0 bridgehead atoms. The molecule has 2 heterocycles. The highest BCUT2D eigenvalue weighted by molar-refractivity contribution is 5.94. The number of hydrogen-bond acceptors (Lipinski definition) is 5. The van der Waals surface area contributed by atoms with Crippen molar-refractivity contribution in [3.63, 3.8) is 0 Å². The van der Waals surface area contributed by atoms with Gasteiger partial charge in [0.05, 0.1) is 0 Å². The fourth-order valence-electron chi connectivity index (χ4n) is 2.99. The standard InChI is InChI=1S/C18H19N5O/c19-11-16-17(21-9-8-20-16)23-10-4-5-14(13-23)12-22-18(24)15-6-2-1-3-7-15/h1-3,6-9,14H,4-5,10,12-13H2,(H,22,24)/t14-/m1/s1. The molecule has 1 aromatic heterocycles. The highest BCUT2D eigenvalue weighted by Gasteiger charge is 2.23. The van der Waals surface area contributed by atoms with Crippen LogP contribution in [-0.2, 0) is 0 Å². The number of anilines is 1. The molecular formula is C18H19N5O. The van der Waals surface area contributed by atoms with Gasteiger partial charge in [0.2, 0.25) is 0 Å². The molecule has 1 saturated heterocycles. The number of hydrogen-bond donors (Lipinski definition) is 1. The van der Waals surface area contributed by atoms with Crippen molar-refractivity contribution < 1.29 is 4.79 Å². The van der Waals surface area contributed by atoms with Crippen molar-refractivity contribution in [2.75, 3.05) is 24.5 Å². The zero-order chi connectivity index (χ0) is 16.8. The minimum atomic E-state index is -0.0510. The Bertz CT molecular complexity index is 741. The van der Waals surface area contributed by atoms with E-state index in [-0.39, 0.29) is 5.91 Å². The van der Waals surface area contributed by atoms with Gasteiger partial charge < -0.3 is 10.2 Å². The fourth-order valence-corrected chi connectivity index (χ4v) is 2.99. The van der Waals surface area contributed by atoms with E-state index in [1.165, 1.54) is 6.20 Å². The molecule has 6 heteroatoms. The molecule has 6 nitrogen and oxygen atoms in total. The molecule has 2 aromatic rings. The van der Waals surface area contributed by atoms with Crippen LogP contribution in [0.2, 0.25) is 0 Å².